The molecule has 0 saturated carbocycles. The lowest BCUT2D eigenvalue weighted by atomic mass is 10.2. The van der Waals surface area contributed by atoms with E-state index in [1.807, 2.05) is 0 Å². The van der Waals surface area contributed by atoms with Crippen LogP contribution in [0.25, 0.3) is 10.6 Å². The zero-order valence-electron chi connectivity index (χ0n) is 7.78. The van der Waals surface area contributed by atoms with E-state index in [4.69, 9.17) is 16.7 Å². The third kappa shape index (κ3) is 1.91. The van der Waals surface area contributed by atoms with Crippen molar-refractivity contribution in [2.24, 2.45) is 0 Å². The summed E-state index contributed by atoms with van der Waals surface area (Å²) < 4.78 is 13.6. The fourth-order valence-corrected chi connectivity index (χ4v) is 2.15. The summed E-state index contributed by atoms with van der Waals surface area (Å²) in [7, 11) is 0. The molecule has 0 atom stereocenters. The molecule has 0 radical (unpaired) electrons. The Bertz CT molecular complexity index is 556. The van der Waals surface area contributed by atoms with Crippen LogP contribution in [0.2, 0.25) is 5.02 Å². The highest BCUT2D eigenvalue weighted by Gasteiger charge is 2.14. The highest BCUT2D eigenvalue weighted by atomic mass is 35.5. The number of benzene rings is 1. The van der Waals surface area contributed by atoms with Crippen LogP contribution in [0, 0.1) is 5.82 Å². The van der Waals surface area contributed by atoms with Crippen molar-refractivity contribution in [1.29, 1.82) is 0 Å². The summed E-state index contributed by atoms with van der Waals surface area (Å²) in [5, 5.41) is 10.3. The van der Waals surface area contributed by atoms with E-state index in [2.05, 4.69) is 4.98 Å². The number of carboxylic acid groups (broad SMARTS) is 1. The standard InChI is InChI=1S/C10H5ClFNO2S/c11-6-3-1-2-5(8(6)12)9-13-7(4-16-9)10(14)15/h1-4H,(H,14,15). The second-order valence-corrected chi connectivity index (χ2v) is 4.21. The zero-order chi connectivity index (χ0) is 11.7. The lowest BCUT2D eigenvalue weighted by Crippen LogP contribution is -1.96. The molecule has 0 spiro atoms. The number of carboxylic acids is 1. The molecule has 0 unspecified atom stereocenters. The highest BCUT2D eigenvalue weighted by molar-refractivity contribution is 7.13. The van der Waals surface area contributed by atoms with E-state index in [0.29, 0.717) is 5.01 Å². The van der Waals surface area contributed by atoms with Crippen molar-refractivity contribution in [3.05, 3.63) is 40.1 Å². The van der Waals surface area contributed by atoms with Crippen LogP contribution in [-0.2, 0) is 0 Å². The molecule has 0 aliphatic heterocycles. The van der Waals surface area contributed by atoms with Gasteiger partial charge in [0.2, 0.25) is 0 Å². The maximum Gasteiger partial charge on any atom is 0.355 e. The van der Waals surface area contributed by atoms with Crippen molar-refractivity contribution in [2.45, 2.75) is 0 Å². The first-order chi connectivity index (χ1) is 7.59. The van der Waals surface area contributed by atoms with E-state index in [1.54, 1.807) is 6.07 Å². The average Bonchev–Trinajstić information content (AvgIpc) is 2.71. The third-order valence-corrected chi connectivity index (χ3v) is 3.07. The van der Waals surface area contributed by atoms with Crippen LogP contribution in [0.1, 0.15) is 10.5 Å². The van der Waals surface area contributed by atoms with Crippen molar-refractivity contribution >= 4 is 28.9 Å². The van der Waals surface area contributed by atoms with Gasteiger partial charge < -0.3 is 5.11 Å². The third-order valence-electron chi connectivity index (χ3n) is 1.91. The van der Waals surface area contributed by atoms with Crippen LogP contribution < -0.4 is 0 Å². The average molecular weight is 258 g/mol. The number of thiazole rings is 1. The van der Waals surface area contributed by atoms with Crippen LogP contribution in [0.3, 0.4) is 0 Å². The fourth-order valence-electron chi connectivity index (χ4n) is 1.16. The van der Waals surface area contributed by atoms with Gasteiger partial charge in [-0.2, -0.15) is 0 Å². The van der Waals surface area contributed by atoms with Gasteiger partial charge in [0.25, 0.3) is 0 Å². The van der Waals surface area contributed by atoms with Crippen molar-refractivity contribution in [1.82, 2.24) is 4.98 Å². The molecule has 82 valence electrons. The molecule has 2 aromatic rings. The summed E-state index contributed by atoms with van der Waals surface area (Å²) in [5.74, 6) is -1.72. The highest BCUT2D eigenvalue weighted by Crippen LogP contribution is 2.29. The smallest absolute Gasteiger partial charge is 0.355 e. The lowest BCUT2D eigenvalue weighted by Gasteiger charge is -1.99. The van der Waals surface area contributed by atoms with Crippen LogP contribution in [0.5, 0.6) is 0 Å². The lowest BCUT2D eigenvalue weighted by molar-refractivity contribution is 0.0691. The minimum atomic E-state index is -1.13. The van der Waals surface area contributed by atoms with Gasteiger partial charge in [0.15, 0.2) is 11.5 Å². The first-order valence-corrected chi connectivity index (χ1v) is 5.48. The van der Waals surface area contributed by atoms with E-state index in [1.165, 1.54) is 17.5 Å². The van der Waals surface area contributed by atoms with Crippen molar-refractivity contribution in [2.75, 3.05) is 0 Å². The van der Waals surface area contributed by atoms with Gasteiger partial charge in [-0.1, -0.05) is 17.7 Å². The first-order valence-electron chi connectivity index (χ1n) is 4.23. The van der Waals surface area contributed by atoms with Crippen molar-refractivity contribution < 1.29 is 14.3 Å². The Morgan fingerprint density at radius 1 is 1.50 bits per heavy atom. The van der Waals surface area contributed by atoms with Gasteiger partial charge in [-0.15, -0.1) is 11.3 Å². The largest absolute Gasteiger partial charge is 0.476 e. The van der Waals surface area contributed by atoms with Crippen molar-refractivity contribution in [3.63, 3.8) is 0 Å². The maximum atomic E-state index is 13.6. The van der Waals surface area contributed by atoms with Gasteiger partial charge in [0.1, 0.15) is 5.01 Å². The number of halogens is 2. The van der Waals surface area contributed by atoms with Gasteiger partial charge in [0, 0.05) is 10.9 Å². The summed E-state index contributed by atoms with van der Waals surface area (Å²) in [6, 6.07) is 4.51. The molecule has 1 aromatic carbocycles. The van der Waals surface area contributed by atoms with Crippen LogP contribution in [0.4, 0.5) is 4.39 Å². The quantitative estimate of drug-likeness (QED) is 0.898. The summed E-state index contributed by atoms with van der Waals surface area (Å²) in [6.07, 6.45) is 0. The molecule has 1 heterocycles. The molecule has 1 aromatic heterocycles. The summed E-state index contributed by atoms with van der Waals surface area (Å²) in [5.41, 5.74) is 0.115. The number of rotatable bonds is 2. The molecule has 3 nitrogen and oxygen atoms in total. The second kappa shape index (κ2) is 4.19. The zero-order valence-corrected chi connectivity index (χ0v) is 9.35. The number of carbonyl (C=O) groups is 1. The molecule has 1 N–H and O–H groups in total. The molecule has 6 heteroatoms. The Kier molecular flexibility index (Phi) is 2.89. The SMILES string of the molecule is O=C(O)c1csc(-c2cccc(Cl)c2F)n1. The minimum Gasteiger partial charge on any atom is -0.476 e. The Morgan fingerprint density at radius 2 is 2.25 bits per heavy atom. The van der Waals surface area contributed by atoms with Gasteiger partial charge in [0.05, 0.1) is 5.02 Å². The normalized spacial score (nSPS) is 10.4. The van der Waals surface area contributed by atoms with Crippen LogP contribution >= 0.6 is 22.9 Å². The first kappa shape index (κ1) is 11.0. The molecule has 16 heavy (non-hydrogen) atoms. The number of aromatic carboxylic acids is 1. The molecule has 0 aliphatic carbocycles. The number of nitrogens with zero attached hydrogens (tertiary/aromatic N) is 1. The Balaban J connectivity index is 2.50. The molecule has 0 fully saturated rings. The predicted octanol–water partition coefficient (Wildman–Crippen LogP) is 3.30. The van der Waals surface area contributed by atoms with Crippen LogP contribution in [-0.4, -0.2) is 16.1 Å². The van der Waals surface area contributed by atoms with E-state index >= 15 is 0 Å². The van der Waals surface area contributed by atoms with Crippen molar-refractivity contribution in [3.8, 4) is 10.6 Å². The van der Waals surface area contributed by atoms with E-state index < -0.39 is 11.8 Å². The number of aromatic nitrogens is 1. The molecular weight excluding hydrogens is 253 g/mol. The monoisotopic (exact) mass is 257 g/mol. The van der Waals surface area contributed by atoms with Gasteiger partial charge in [-0.05, 0) is 12.1 Å². The molecule has 0 amide bonds. The van der Waals surface area contributed by atoms with Gasteiger partial charge >= 0.3 is 5.97 Å². The summed E-state index contributed by atoms with van der Waals surface area (Å²) >= 11 is 6.68. The summed E-state index contributed by atoms with van der Waals surface area (Å²) in [4.78, 5) is 14.4. The molecule has 0 aliphatic rings. The van der Waals surface area contributed by atoms with E-state index in [0.717, 1.165) is 11.3 Å². The second-order valence-electron chi connectivity index (χ2n) is 2.94. The number of hydrogen-bond donors (Lipinski definition) is 1. The Hall–Kier alpha value is -1.46. The molecular formula is C10H5ClFNO2S. The maximum absolute atomic E-state index is 13.6. The Labute approximate surface area is 99.1 Å². The molecule has 0 bridgehead atoms. The summed E-state index contributed by atoms with van der Waals surface area (Å²) in [6.45, 7) is 0. The van der Waals surface area contributed by atoms with E-state index in [9.17, 15) is 9.18 Å². The molecule has 0 saturated heterocycles. The minimum absolute atomic E-state index is 0.00965. The van der Waals surface area contributed by atoms with Gasteiger partial charge in [-0.3, -0.25) is 0 Å². The van der Waals surface area contributed by atoms with Gasteiger partial charge in [-0.25, -0.2) is 14.2 Å². The fraction of sp³-hybridized carbons (Fsp3) is 0. The topological polar surface area (TPSA) is 50.2 Å². The van der Waals surface area contributed by atoms with Crippen LogP contribution in [0.15, 0.2) is 23.6 Å². The van der Waals surface area contributed by atoms with E-state index in [-0.39, 0.29) is 16.3 Å². The predicted molar refractivity (Wildman–Crippen MR) is 59.5 cm³/mol. The Morgan fingerprint density at radius 3 is 2.88 bits per heavy atom. The number of hydrogen-bond acceptors (Lipinski definition) is 3. The molecule has 2 rings (SSSR count).